The van der Waals surface area contributed by atoms with E-state index in [0.29, 0.717) is 24.7 Å². The number of fused-ring (bicyclic) bond motifs is 5. The number of carbonyl (C=O) groups excluding carboxylic acids is 1. The number of epoxide rings is 1. The Labute approximate surface area is 144 Å². The van der Waals surface area contributed by atoms with Crippen LogP contribution in [-0.4, -0.2) is 40.4 Å². The van der Waals surface area contributed by atoms with E-state index in [1.165, 1.54) is 5.57 Å². The molecular weight excluding hydrogens is 304 g/mol. The van der Waals surface area contributed by atoms with Crippen LogP contribution in [0.1, 0.15) is 60.3 Å². The first kappa shape index (κ1) is 16.7. The lowest BCUT2D eigenvalue weighted by atomic mass is 9.65. The highest BCUT2D eigenvalue weighted by Crippen LogP contribution is 2.57. The zero-order chi connectivity index (χ0) is 17.5. The number of carbonyl (C=O) groups is 1. The zero-order valence-electron chi connectivity index (χ0n) is 15.5. The molecule has 7 atom stereocenters. The summed E-state index contributed by atoms with van der Waals surface area (Å²) in [5, 5.41) is 11.0. The molecule has 4 rings (SSSR count). The number of ketones is 1. The summed E-state index contributed by atoms with van der Waals surface area (Å²) in [7, 11) is 0. The summed E-state index contributed by atoms with van der Waals surface area (Å²) in [4.78, 5) is 13.1. The van der Waals surface area contributed by atoms with Gasteiger partial charge < -0.3 is 14.6 Å². The van der Waals surface area contributed by atoms with Crippen LogP contribution in [-0.2, 0) is 14.3 Å². The van der Waals surface area contributed by atoms with Crippen molar-refractivity contribution < 1.29 is 19.4 Å². The molecule has 0 saturated carbocycles. The number of ether oxygens (including phenoxy) is 2. The van der Waals surface area contributed by atoms with Gasteiger partial charge in [0.15, 0.2) is 5.78 Å². The molecule has 3 aliphatic heterocycles. The molecule has 3 saturated heterocycles. The molecule has 4 nitrogen and oxygen atoms in total. The number of aliphatic hydroxyl groups is 1. The number of Topliss-reactive ketones (excluding diaryl/α,β-unsaturated/α-hetero) is 1. The average molecular weight is 334 g/mol. The van der Waals surface area contributed by atoms with Crippen molar-refractivity contribution in [2.45, 2.75) is 89.8 Å². The van der Waals surface area contributed by atoms with Gasteiger partial charge >= 0.3 is 0 Å². The fourth-order valence-electron chi connectivity index (χ4n) is 5.50. The molecule has 1 unspecified atom stereocenters. The third kappa shape index (κ3) is 2.12. The third-order valence-electron chi connectivity index (χ3n) is 7.47. The van der Waals surface area contributed by atoms with Gasteiger partial charge in [-0.3, -0.25) is 4.79 Å². The Morgan fingerprint density at radius 2 is 1.92 bits per heavy atom. The second-order valence-corrected chi connectivity index (χ2v) is 9.32. The molecule has 0 amide bonds. The smallest absolute Gasteiger partial charge is 0.167 e. The van der Waals surface area contributed by atoms with Crippen LogP contribution < -0.4 is 0 Å². The number of rotatable bonds is 1. The zero-order valence-corrected chi connectivity index (χ0v) is 15.5. The summed E-state index contributed by atoms with van der Waals surface area (Å²) in [6, 6.07) is 0. The van der Waals surface area contributed by atoms with Gasteiger partial charge in [0.2, 0.25) is 0 Å². The Morgan fingerprint density at radius 1 is 1.21 bits per heavy atom. The summed E-state index contributed by atoms with van der Waals surface area (Å²) in [6.07, 6.45) is 4.73. The molecule has 134 valence electrons. The maximum Gasteiger partial charge on any atom is 0.167 e. The second kappa shape index (κ2) is 4.93. The summed E-state index contributed by atoms with van der Waals surface area (Å²) in [5.74, 6) is 0.857. The van der Waals surface area contributed by atoms with Gasteiger partial charge in [-0.2, -0.15) is 0 Å². The predicted octanol–water partition coefficient (Wildman–Crippen LogP) is 3.02. The van der Waals surface area contributed by atoms with Crippen LogP contribution in [0, 0.1) is 17.3 Å². The van der Waals surface area contributed by atoms with Crippen LogP contribution in [0.4, 0.5) is 0 Å². The van der Waals surface area contributed by atoms with Crippen LogP contribution in [0.2, 0.25) is 0 Å². The van der Waals surface area contributed by atoms with E-state index in [0.717, 1.165) is 12.8 Å². The molecule has 2 bridgehead atoms. The lowest BCUT2D eigenvalue weighted by molar-refractivity contribution is -0.169. The van der Waals surface area contributed by atoms with Gasteiger partial charge in [0.05, 0.1) is 18.3 Å². The molecule has 1 aliphatic carbocycles. The lowest BCUT2D eigenvalue weighted by Crippen LogP contribution is -2.54. The SMILES string of the molecule is CC(C)[C@@H]1CC=C2C[C@H]3OC(C[C@H]4O[C@@]34C)[C@](C)(O)C(=O)C[C@]21C. The standard InChI is InChI=1S/C20H30O4/c1-11(2)13-7-6-12-8-16-20(5)17(24-20)9-15(23-16)19(4,22)14(21)10-18(12,13)3/h6,11,13,15-17,22H,7-10H2,1-5H3/t13-,15?,16+,17+,18+,19+,20-/m0/s1. The van der Waals surface area contributed by atoms with E-state index in [1.54, 1.807) is 6.92 Å². The summed E-state index contributed by atoms with van der Waals surface area (Å²) < 4.78 is 12.2. The maximum absolute atomic E-state index is 13.1. The number of hydrogen-bond acceptors (Lipinski definition) is 4. The van der Waals surface area contributed by atoms with Crippen molar-refractivity contribution in [2.24, 2.45) is 17.3 Å². The quantitative estimate of drug-likeness (QED) is 0.591. The predicted molar refractivity (Wildman–Crippen MR) is 90.6 cm³/mol. The molecular formula is C20H30O4. The van der Waals surface area contributed by atoms with Gasteiger partial charge in [-0.05, 0) is 43.9 Å². The first-order chi connectivity index (χ1) is 11.1. The van der Waals surface area contributed by atoms with Crippen molar-refractivity contribution in [1.29, 1.82) is 0 Å². The molecule has 0 aromatic rings. The lowest BCUT2D eigenvalue weighted by Gasteiger charge is -2.38. The first-order valence-electron chi connectivity index (χ1n) is 9.37. The van der Waals surface area contributed by atoms with Gasteiger partial charge in [0, 0.05) is 12.8 Å². The van der Waals surface area contributed by atoms with Crippen LogP contribution in [0.5, 0.6) is 0 Å². The summed E-state index contributed by atoms with van der Waals surface area (Å²) in [5.41, 5.74) is -0.545. The van der Waals surface area contributed by atoms with Gasteiger partial charge in [0.25, 0.3) is 0 Å². The van der Waals surface area contributed by atoms with Gasteiger partial charge in [-0.1, -0.05) is 32.4 Å². The van der Waals surface area contributed by atoms with Crippen molar-refractivity contribution in [3.05, 3.63) is 11.6 Å². The fraction of sp³-hybridized carbons (Fsp3) is 0.850. The molecule has 0 spiro atoms. The third-order valence-corrected chi connectivity index (χ3v) is 7.47. The Balaban J connectivity index is 1.76. The number of hydrogen-bond donors (Lipinski definition) is 1. The Kier molecular flexibility index (Phi) is 3.44. The molecule has 0 aromatic heterocycles. The van der Waals surface area contributed by atoms with E-state index in [4.69, 9.17) is 9.47 Å². The van der Waals surface area contributed by atoms with Crippen molar-refractivity contribution in [3.63, 3.8) is 0 Å². The molecule has 3 fully saturated rings. The van der Waals surface area contributed by atoms with Crippen molar-refractivity contribution >= 4 is 5.78 Å². The van der Waals surface area contributed by atoms with E-state index in [1.807, 2.05) is 0 Å². The summed E-state index contributed by atoms with van der Waals surface area (Å²) >= 11 is 0. The molecule has 0 aromatic carbocycles. The molecule has 4 heteroatoms. The molecule has 24 heavy (non-hydrogen) atoms. The highest BCUT2D eigenvalue weighted by molar-refractivity contribution is 5.88. The van der Waals surface area contributed by atoms with Crippen LogP contribution >= 0.6 is 0 Å². The molecule has 3 heterocycles. The highest BCUT2D eigenvalue weighted by atomic mass is 16.7. The van der Waals surface area contributed by atoms with Crippen molar-refractivity contribution in [2.75, 3.05) is 0 Å². The minimum Gasteiger partial charge on any atom is -0.380 e. The topological polar surface area (TPSA) is 59.1 Å². The maximum atomic E-state index is 13.1. The average Bonchev–Trinajstić information content (AvgIpc) is 3.05. The molecule has 0 radical (unpaired) electrons. The van der Waals surface area contributed by atoms with E-state index in [9.17, 15) is 9.90 Å². The monoisotopic (exact) mass is 334 g/mol. The summed E-state index contributed by atoms with van der Waals surface area (Å²) in [6.45, 7) is 10.4. The Morgan fingerprint density at radius 3 is 2.58 bits per heavy atom. The Hall–Kier alpha value is -0.710. The van der Waals surface area contributed by atoms with Crippen molar-refractivity contribution in [1.82, 2.24) is 0 Å². The van der Waals surface area contributed by atoms with E-state index >= 15 is 0 Å². The normalized spacial score (nSPS) is 53.6. The van der Waals surface area contributed by atoms with Crippen LogP contribution in [0.15, 0.2) is 11.6 Å². The minimum absolute atomic E-state index is 0.0740. The van der Waals surface area contributed by atoms with E-state index in [-0.39, 0.29) is 29.0 Å². The van der Waals surface area contributed by atoms with Crippen LogP contribution in [0.25, 0.3) is 0 Å². The largest absolute Gasteiger partial charge is 0.380 e. The van der Waals surface area contributed by atoms with Gasteiger partial charge in [0.1, 0.15) is 11.2 Å². The fourth-order valence-corrected chi connectivity index (χ4v) is 5.50. The van der Waals surface area contributed by atoms with Gasteiger partial charge in [-0.15, -0.1) is 0 Å². The molecule has 4 aliphatic rings. The van der Waals surface area contributed by atoms with Gasteiger partial charge in [-0.25, -0.2) is 0 Å². The first-order valence-corrected chi connectivity index (χ1v) is 9.37. The minimum atomic E-state index is -1.44. The van der Waals surface area contributed by atoms with E-state index in [2.05, 4.69) is 33.8 Å². The van der Waals surface area contributed by atoms with Crippen LogP contribution in [0.3, 0.4) is 0 Å². The van der Waals surface area contributed by atoms with Crippen molar-refractivity contribution in [3.8, 4) is 0 Å². The molecule has 1 N–H and O–H groups in total. The Bertz CT molecular complexity index is 607. The second-order valence-electron chi connectivity index (χ2n) is 9.32. The number of allylic oxidation sites excluding steroid dienone is 1. The van der Waals surface area contributed by atoms with E-state index < -0.39 is 11.7 Å². The highest BCUT2D eigenvalue weighted by Gasteiger charge is 2.66.